The summed E-state index contributed by atoms with van der Waals surface area (Å²) in [5.74, 6) is -0.867. The van der Waals surface area contributed by atoms with Gasteiger partial charge in [0.1, 0.15) is 60.0 Å². The van der Waals surface area contributed by atoms with Crippen LogP contribution in [0.25, 0.3) is 5.57 Å². The second-order valence-corrected chi connectivity index (χ2v) is 10.7. The molecule has 0 aliphatic carbocycles. The molecule has 0 saturated carbocycles. The molecule has 2 saturated heterocycles. The van der Waals surface area contributed by atoms with Crippen LogP contribution in [-0.2, 0) is 30.2 Å². The largest absolute Gasteiger partial charge is 0.508 e. The number of carbonyl (C=O) groups excluding carboxylic acids is 1. The first kappa shape index (κ1) is 31.3. The SMILES string of the molecule is CC1OC(OCC2OC(OC3Cc4ccc(O)cc4OC(=O)C=C3c3ccc(O)cc3)C(O)C(O)C2O)C(O)C(O)C1O. The zero-order chi connectivity index (χ0) is 31.0. The van der Waals surface area contributed by atoms with Gasteiger partial charge in [-0.2, -0.15) is 0 Å². The molecule has 14 nitrogen and oxygen atoms in total. The van der Waals surface area contributed by atoms with E-state index in [0.29, 0.717) is 11.1 Å². The van der Waals surface area contributed by atoms with Crippen LogP contribution in [0.4, 0.5) is 0 Å². The van der Waals surface area contributed by atoms with E-state index in [0.717, 1.165) is 6.08 Å². The number of ether oxygens (including phenoxy) is 5. The molecular weight excluding hydrogens is 572 g/mol. The molecule has 3 heterocycles. The first-order valence-electron chi connectivity index (χ1n) is 13.6. The molecule has 0 aromatic heterocycles. The molecule has 11 atom stereocenters. The Labute approximate surface area is 245 Å². The van der Waals surface area contributed by atoms with Gasteiger partial charge in [-0.25, -0.2) is 4.79 Å². The predicted molar refractivity (Wildman–Crippen MR) is 143 cm³/mol. The van der Waals surface area contributed by atoms with Gasteiger partial charge in [-0.3, -0.25) is 0 Å². The van der Waals surface area contributed by atoms with Gasteiger partial charge in [0.2, 0.25) is 0 Å². The second-order valence-electron chi connectivity index (χ2n) is 10.7. The third kappa shape index (κ3) is 6.68. The third-order valence-electron chi connectivity index (χ3n) is 7.69. The molecule has 11 unspecified atom stereocenters. The van der Waals surface area contributed by atoms with E-state index in [1.54, 1.807) is 12.1 Å². The van der Waals surface area contributed by atoms with E-state index in [9.17, 15) is 45.6 Å². The summed E-state index contributed by atoms with van der Waals surface area (Å²) < 4.78 is 28.3. The van der Waals surface area contributed by atoms with Crippen LogP contribution in [0.3, 0.4) is 0 Å². The summed E-state index contributed by atoms with van der Waals surface area (Å²) in [5.41, 5.74) is 1.21. The van der Waals surface area contributed by atoms with Crippen LogP contribution < -0.4 is 4.74 Å². The van der Waals surface area contributed by atoms with Crippen molar-refractivity contribution in [3.05, 3.63) is 59.7 Å². The number of aromatic hydroxyl groups is 2. The molecule has 0 amide bonds. The summed E-state index contributed by atoms with van der Waals surface area (Å²) in [7, 11) is 0. The highest BCUT2D eigenvalue weighted by molar-refractivity contribution is 5.94. The number of aliphatic hydroxyl groups is 6. The first-order valence-corrected chi connectivity index (χ1v) is 13.6. The molecule has 2 fully saturated rings. The number of hydrogen-bond donors (Lipinski definition) is 8. The monoisotopic (exact) mass is 606 g/mol. The number of aliphatic hydroxyl groups excluding tert-OH is 6. The van der Waals surface area contributed by atoms with E-state index in [4.69, 9.17) is 23.7 Å². The van der Waals surface area contributed by atoms with Gasteiger partial charge in [0.05, 0.1) is 18.8 Å². The minimum Gasteiger partial charge on any atom is -0.508 e. The fraction of sp³-hybridized carbons (Fsp3) is 0.483. The minimum absolute atomic E-state index is 0.0227. The van der Waals surface area contributed by atoms with Gasteiger partial charge in [-0.1, -0.05) is 18.2 Å². The highest BCUT2D eigenvalue weighted by Gasteiger charge is 2.47. The van der Waals surface area contributed by atoms with Crippen molar-refractivity contribution < 1.29 is 69.3 Å². The molecule has 5 rings (SSSR count). The molecule has 0 radical (unpaired) electrons. The van der Waals surface area contributed by atoms with E-state index in [2.05, 4.69) is 0 Å². The Morgan fingerprint density at radius 1 is 0.791 bits per heavy atom. The lowest BCUT2D eigenvalue weighted by molar-refractivity contribution is -0.330. The Hall–Kier alpha value is -3.15. The number of rotatable bonds is 6. The van der Waals surface area contributed by atoms with Crippen LogP contribution in [0, 0.1) is 0 Å². The number of phenols is 2. The summed E-state index contributed by atoms with van der Waals surface area (Å²) in [6, 6.07) is 10.1. The Bertz CT molecular complexity index is 1310. The molecule has 0 spiro atoms. The van der Waals surface area contributed by atoms with Gasteiger partial charge in [-0.05, 0) is 41.8 Å². The summed E-state index contributed by atoms with van der Waals surface area (Å²) in [4.78, 5) is 12.8. The highest BCUT2D eigenvalue weighted by atomic mass is 16.7. The molecule has 3 aliphatic rings. The molecular formula is C29H34O14. The van der Waals surface area contributed by atoms with Crippen molar-refractivity contribution in [1.29, 1.82) is 0 Å². The lowest BCUT2D eigenvalue weighted by atomic mass is 9.93. The highest BCUT2D eigenvalue weighted by Crippen LogP contribution is 2.35. The summed E-state index contributed by atoms with van der Waals surface area (Å²) in [6.07, 6.45) is -14.7. The number of carbonyl (C=O) groups is 1. The lowest BCUT2D eigenvalue weighted by Crippen LogP contribution is -2.61. The van der Waals surface area contributed by atoms with Crippen molar-refractivity contribution in [2.45, 2.75) is 80.9 Å². The van der Waals surface area contributed by atoms with Gasteiger partial charge >= 0.3 is 5.97 Å². The van der Waals surface area contributed by atoms with E-state index in [1.807, 2.05) is 0 Å². The van der Waals surface area contributed by atoms with Crippen molar-refractivity contribution >= 4 is 11.5 Å². The molecule has 8 N–H and O–H groups in total. The number of esters is 1. The average molecular weight is 607 g/mol. The third-order valence-corrected chi connectivity index (χ3v) is 7.69. The predicted octanol–water partition coefficient (Wildman–Crippen LogP) is -1.32. The minimum atomic E-state index is -1.76. The summed E-state index contributed by atoms with van der Waals surface area (Å²) in [5, 5.41) is 82.0. The fourth-order valence-electron chi connectivity index (χ4n) is 5.19. The van der Waals surface area contributed by atoms with Crippen LogP contribution in [0.15, 0.2) is 48.5 Å². The average Bonchev–Trinajstić information content (AvgIpc) is 2.97. The molecule has 2 aromatic carbocycles. The van der Waals surface area contributed by atoms with Gasteiger partial charge in [0, 0.05) is 18.6 Å². The van der Waals surface area contributed by atoms with Crippen molar-refractivity contribution in [2.75, 3.05) is 6.61 Å². The quantitative estimate of drug-likeness (QED) is 0.141. The number of hydrogen-bond acceptors (Lipinski definition) is 14. The van der Waals surface area contributed by atoms with Crippen molar-refractivity contribution in [3.8, 4) is 17.2 Å². The van der Waals surface area contributed by atoms with E-state index in [1.165, 1.54) is 37.3 Å². The van der Waals surface area contributed by atoms with Gasteiger partial charge in [0.25, 0.3) is 0 Å². The fourth-order valence-corrected chi connectivity index (χ4v) is 5.19. The number of benzene rings is 2. The Morgan fingerprint density at radius 2 is 1.44 bits per heavy atom. The summed E-state index contributed by atoms with van der Waals surface area (Å²) in [6.45, 7) is 0.984. The first-order chi connectivity index (χ1) is 20.4. The maximum absolute atomic E-state index is 12.8. The Balaban J connectivity index is 1.39. The lowest BCUT2D eigenvalue weighted by Gasteiger charge is -2.43. The maximum atomic E-state index is 12.8. The smallest absolute Gasteiger partial charge is 0.336 e. The zero-order valence-electron chi connectivity index (χ0n) is 22.9. The van der Waals surface area contributed by atoms with Crippen LogP contribution in [0.5, 0.6) is 17.2 Å². The Morgan fingerprint density at radius 3 is 2.16 bits per heavy atom. The van der Waals surface area contributed by atoms with Crippen molar-refractivity contribution in [2.24, 2.45) is 0 Å². The van der Waals surface area contributed by atoms with Crippen LogP contribution >= 0.6 is 0 Å². The molecule has 234 valence electrons. The second kappa shape index (κ2) is 12.8. The van der Waals surface area contributed by atoms with Crippen LogP contribution in [-0.4, -0.2) is 121 Å². The molecule has 14 heteroatoms. The Kier molecular flexibility index (Phi) is 9.34. The van der Waals surface area contributed by atoms with E-state index >= 15 is 0 Å². The van der Waals surface area contributed by atoms with Crippen molar-refractivity contribution in [3.63, 3.8) is 0 Å². The maximum Gasteiger partial charge on any atom is 0.336 e. The zero-order valence-corrected chi connectivity index (χ0v) is 22.9. The topological polar surface area (TPSA) is 225 Å². The number of fused-ring (bicyclic) bond motifs is 1. The molecule has 2 aromatic rings. The van der Waals surface area contributed by atoms with E-state index < -0.39 is 80.1 Å². The van der Waals surface area contributed by atoms with Gasteiger partial charge in [0.15, 0.2) is 12.6 Å². The van der Waals surface area contributed by atoms with Crippen LogP contribution in [0.2, 0.25) is 0 Å². The molecule has 43 heavy (non-hydrogen) atoms. The van der Waals surface area contributed by atoms with E-state index in [-0.39, 0.29) is 29.2 Å². The summed E-state index contributed by atoms with van der Waals surface area (Å²) >= 11 is 0. The molecule has 3 aliphatic heterocycles. The van der Waals surface area contributed by atoms with Crippen LogP contribution in [0.1, 0.15) is 18.1 Å². The molecule has 0 bridgehead atoms. The standard InChI is InChI=1S/C29H34O14/c1-12-22(33)24(35)26(37)28(40-12)39-11-20-23(34)25(36)27(38)29(43-20)42-19-8-14-4-7-16(31)9-18(14)41-21(32)10-17(19)13-2-5-15(30)6-3-13/h2-7,9-10,12,19-20,22-31,33-38H,8,11H2,1H3. The normalized spacial score (nSPS) is 36.6. The van der Waals surface area contributed by atoms with Crippen molar-refractivity contribution in [1.82, 2.24) is 0 Å². The van der Waals surface area contributed by atoms with Gasteiger partial charge in [-0.15, -0.1) is 0 Å². The number of phenolic OH excluding ortho intramolecular Hbond substituents is 2. The van der Waals surface area contributed by atoms with Gasteiger partial charge < -0.3 is 64.5 Å².